The molecule has 1 amide bonds. The van der Waals surface area contributed by atoms with Gasteiger partial charge in [-0.25, -0.2) is 8.42 Å². The van der Waals surface area contributed by atoms with Gasteiger partial charge < -0.3 is 5.32 Å². The fourth-order valence-electron chi connectivity index (χ4n) is 3.21. The molecule has 0 radical (unpaired) electrons. The molecule has 1 fully saturated rings. The smallest absolute Gasteiger partial charge is 0.243 e. The maximum absolute atomic E-state index is 12.9. The van der Waals surface area contributed by atoms with Crippen LogP contribution >= 0.6 is 0 Å². The molecular formula is C20H25N3O3S. The lowest BCUT2D eigenvalue weighted by Gasteiger charge is -2.30. The van der Waals surface area contributed by atoms with Crippen LogP contribution in [0.15, 0.2) is 47.5 Å². The lowest BCUT2D eigenvalue weighted by molar-refractivity contribution is -0.126. The Balaban J connectivity index is 1.57. The average molecular weight is 388 g/mol. The number of sulfonamides is 1. The summed E-state index contributed by atoms with van der Waals surface area (Å²) < 4.78 is 27.2. The van der Waals surface area contributed by atoms with E-state index in [9.17, 15) is 13.2 Å². The number of benzene rings is 1. The fraction of sp³-hybridized carbons (Fsp3) is 0.400. The van der Waals surface area contributed by atoms with Crippen molar-refractivity contribution >= 4 is 15.9 Å². The Labute approximate surface area is 160 Å². The highest BCUT2D eigenvalue weighted by atomic mass is 32.2. The van der Waals surface area contributed by atoms with Crippen LogP contribution < -0.4 is 5.32 Å². The summed E-state index contributed by atoms with van der Waals surface area (Å²) >= 11 is 0. The van der Waals surface area contributed by atoms with Crippen molar-refractivity contribution in [3.63, 3.8) is 0 Å². The van der Waals surface area contributed by atoms with E-state index in [1.807, 2.05) is 38.1 Å². The van der Waals surface area contributed by atoms with Gasteiger partial charge in [0.2, 0.25) is 15.9 Å². The molecule has 1 N–H and O–H groups in total. The van der Waals surface area contributed by atoms with Gasteiger partial charge in [0.1, 0.15) is 0 Å². The minimum absolute atomic E-state index is 0.0381. The highest BCUT2D eigenvalue weighted by Crippen LogP contribution is 2.25. The number of hydrogen-bond donors (Lipinski definition) is 1. The number of carbonyl (C=O) groups is 1. The van der Waals surface area contributed by atoms with E-state index < -0.39 is 10.0 Å². The van der Waals surface area contributed by atoms with Crippen LogP contribution in [0.1, 0.15) is 29.7 Å². The van der Waals surface area contributed by atoms with Gasteiger partial charge in [0.25, 0.3) is 0 Å². The minimum atomic E-state index is -3.51. The van der Waals surface area contributed by atoms with E-state index in [1.165, 1.54) is 4.31 Å². The maximum Gasteiger partial charge on any atom is 0.243 e. The van der Waals surface area contributed by atoms with Gasteiger partial charge >= 0.3 is 0 Å². The van der Waals surface area contributed by atoms with Gasteiger partial charge in [0, 0.05) is 25.2 Å². The average Bonchev–Trinajstić information content (AvgIpc) is 2.69. The number of nitrogens with zero attached hydrogens (tertiary/aromatic N) is 2. The van der Waals surface area contributed by atoms with E-state index in [-0.39, 0.29) is 11.8 Å². The Bertz CT molecular complexity index is 905. The zero-order chi connectivity index (χ0) is 19.4. The van der Waals surface area contributed by atoms with Crippen LogP contribution in [-0.4, -0.2) is 36.7 Å². The monoisotopic (exact) mass is 387 g/mol. The summed E-state index contributed by atoms with van der Waals surface area (Å²) in [5, 5.41) is 2.90. The number of carbonyl (C=O) groups excluding carboxylic acids is 1. The van der Waals surface area contributed by atoms with Gasteiger partial charge in [0.05, 0.1) is 17.1 Å². The second kappa shape index (κ2) is 8.19. The Morgan fingerprint density at radius 2 is 1.89 bits per heavy atom. The molecule has 27 heavy (non-hydrogen) atoms. The zero-order valence-corrected chi connectivity index (χ0v) is 16.5. The maximum atomic E-state index is 12.9. The molecule has 1 aliphatic rings. The molecule has 0 aliphatic carbocycles. The highest BCUT2D eigenvalue weighted by Gasteiger charge is 2.32. The van der Waals surface area contributed by atoms with Crippen LogP contribution in [0, 0.1) is 19.8 Å². The standard InChI is InChI=1S/C20H25N3O3S/c1-15-6-7-19(13-16(15)2)27(25,26)23-11-8-17(9-12-23)20(24)22-14-18-5-3-4-10-21-18/h3-7,10,13,17H,8-9,11-12,14H2,1-2H3,(H,22,24). The summed E-state index contributed by atoms with van der Waals surface area (Å²) in [6.45, 7) is 4.97. The van der Waals surface area contributed by atoms with Crippen molar-refractivity contribution in [2.45, 2.75) is 38.1 Å². The summed E-state index contributed by atoms with van der Waals surface area (Å²) in [4.78, 5) is 16.9. The van der Waals surface area contributed by atoms with E-state index in [2.05, 4.69) is 10.3 Å². The molecule has 0 unspecified atom stereocenters. The summed E-state index contributed by atoms with van der Waals surface area (Å²) in [7, 11) is -3.51. The van der Waals surface area contributed by atoms with Crippen LogP contribution in [0.4, 0.5) is 0 Å². The van der Waals surface area contributed by atoms with E-state index in [0.29, 0.717) is 37.4 Å². The molecule has 7 heteroatoms. The minimum Gasteiger partial charge on any atom is -0.350 e. The molecule has 0 bridgehead atoms. The first-order valence-electron chi connectivity index (χ1n) is 9.13. The molecule has 1 aromatic carbocycles. The predicted octanol–water partition coefficient (Wildman–Crippen LogP) is 2.42. The highest BCUT2D eigenvalue weighted by molar-refractivity contribution is 7.89. The van der Waals surface area contributed by atoms with E-state index >= 15 is 0 Å². The quantitative estimate of drug-likeness (QED) is 0.854. The van der Waals surface area contributed by atoms with Crippen molar-refractivity contribution in [2.75, 3.05) is 13.1 Å². The first-order valence-corrected chi connectivity index (χ1v) is 10.6. The first-order chi connectivity index (χ1) is 12.9. The summed E-state index contributed by atoms with van der Waals surface area (Å²) in [6.07, 6.45) is 2.74. The molecule has 2 heterocycles. The third kappa shape index (κ3) is 4.54. The number of amides is 1. The SMILES string of the molecule is Cc1ccc(S(=O)(=O)N2CCC(C(=O)NCc3ccccn3)CC2)cc1C. The lowest BCUT2D eigenvalue weighted by Crippen LogP contribution is -2.42. The van der Waals surface area contributed by atoms with Crippen molar-refractivity contribution in [3.8, 4) is 0 Å². The number of piperidine rings is 1. The number of rotatable bonds is 5. The fourth-order valence-corrected chi connectivity index (χ4v) is 4.76. The van der Waals surface area contributed by atoms with Crippen LogP contribution in [0.5, 0.6) is 0 Å². The molecule has 6 nitrogen and oxygen atoms in total. The summed E-state index contributed by atoms with van der Waals surface area (Å²) in [5.74, 6) is -0.205. The van der Waals surface area contributed by atoms with E-state index in [0.717, 1.165) is 16.8 Å². The molecule has 0 atom stereocenters. The van der Waals surface area contributed by atoms with Gasteiger partial charge in [-0.1, -0.05) is 12.1 Å². The second-order valence-corrected chi connectivity index (χ2v) is 8.90. The normalized spacial score (nSPS) is 16.2. The zero-order valence-electron chi connectivity index (χ0n) is 15.7. The predicted molar refractivity (Wildman–Crippen MR) is 103 cm³/mol. The van der Waals surface area contributed by atoms with Gasteiger partial charge in [-0.2, -0.15) is 4.31 Å². The summed E-state index contributed by atoms with van der Waals surface area (Å²) in [6, 6.07) is 10.8. The molecule has 1 aromatic heterocycles. The Morgan fingerprint density at radius 1 is 1.15 bits per heavy atom. The van der Waals surface area contributed by atoms with Crippen molar-refractivity contribution in [1.82, 2.24) is 14.6 Å². The number of pyridine rings is 1. The van der Waals surface area contributed by atoms with Crippen LogP contribution in [-0.2, 0) is 21.4 Å². The molecule has 144 valence electrons. The van der Waals surface area contributed by atoms with Gasteiger partial charge in [-0.3, -0.25) is 9.78 Å². The third-order valence-electron chi connectivity index (χ3n) is 5.11. The Kier molecular flexibility index (Phi) is 5.92. The van der Waals surface area contributed by atoms with Gasteiger partial charge in [-0.05, 0) is 62.1 Å². The van der Waals surface area contributed by atoms with Crippen molar-refractivity contribution in [2.24, 2.45) is 5.92 Å². The Hall–Kier alpha value is -2.25. The Morgan fingerprint density at radius 3 is 2.52 bits per heavy atom. The third-order valence-corrected chi connectivity index (χ3v) is 7.01. The number of aromatic nitrogens is 1. The van der Waals surface area contributed by atoms with Crippen molar-refractivity contribution < 1.29 is 13.2 Å². The van der Waals surface area contributed by atoms with Crippen molar-refractivity contribution in [1.29, 1.82) is 0 Å². The summed E-state index contributed by atoms with van der Waals surface area (Å²) in [5.41, 5.74) is 2.83. The van der Waals surface area contributed by atoms with Gasteiger partial charge in [-0.15, -0.1) is 0 Å². The topological polar surface area (TPSA) is 79.4 Å². The molecule has 2 aromatic rings. The molecule has 3 rings (SSSR count). The molecule has 0 saturated carbocycles. The second-order valence-electron chi connectivity index (χ2n) is 6.96. The largest absolute Gasteiger partial charge is 0.350 e. The number of nitrogens with one attached hydrogen (secondary N) is 1. The van der Waals surface area contributed by atoms with Crippen LogP contribution in [0.3, 0.4) is 0 Å². The van der Waals surface area contributed by atoms with Crippen molar-refractivity contribution in [3.05, 3.63) is 59.4 Å². The number of aryl methyl sites for hydroxylation is 2. The van der Waals surface area contributed by atoms with E-state index in [4.69, 9.17) is 0 Å². The van der Waals surface area contributed by atoms with Gasteiger partial charge in [0.15, 0.2) is 0 Å². The molecule has 1 aliphatic heterocycles. The molecule has 1 saturated heterocycles. The first kappa shape index (κ1) is 19.5. The number of hydrogen-bond acceptors (Lipinski definition) is 4. The van der Waals surface area contributed by atoms with E-state index in [1.54, 1.807) is 18.3 Å². The van der Waals surface area contributed by atoms with Crippen LogP contribution in [0.25, 0.3) is 0 Å². The molecule has 0 spiro atoms. The molecular weight excluding hydrogens is 362 g/mol. The van der Waals surface area contributed by atoms with Crippen LogP contribution in [0.2, 0.25) is 0 Å². The lowest BCUT2D eigenvalue weighted by atomic mass is 9.97.